The van der Waals surface area contributed by atoms with Gasteiger partial charge in [0, 0.05) is 15.8 Å². The maximum absolute atomic E-state index is 11.7. The van der Waals surface area contributed by atoms with Crippen LogP contribution in [0.25, 0.3) is 0 Å². The Morgan fingerprint density at radius 1 is 1.44 bits per heavy atom. The first-order valence-electron chi connectivity index (χ1n) is 6.54. The average molecular weight is 269 g/mol. The summed E-state index contributed by atoms with van der Waals surface area (Å²) in [5, 5.41) is 3.34. The molecule has 1 aromatic heterocycles. The lowest BCUT2D eigenvalue weighted by Crippen LogP contribution is -2.43. The van der Waals surface area contributed by atoms with E-state index in [1.807, 2.05) is 25.2 Å². The molecule has 0 spiro atoms. The van der Waals surface area contributed by atoms with Crippen LogP contribution in [0.3, 0.4) is 0 Å². The van der Waals surface area contributed by atoms with Crippen molar-refractivity contribution in [3.63, 3.8) is 0 Å². The fourth-order valence-corrected chi connectivity index (χ4v) is 2.91. The Morgan fingerprint density at radius 3 is 2.67 bits per heavy atom. The number of hydrogen-bond donors (Lipinski definition) is 1. The Balaban J connectivity index is 2.46. The molecule has 0 aliphatic heterocycles. The minimum atomic E-state index is -0.194. The first-order chi connectivity index (χ1) is 8.56. The van der Waals surface area contributed by atoms with Crippen molar-refractivity contribution < 1.29 is 9.53 Å². The van der Waals surface area contributed by atoms with Gasteiger partial charge in [-0.1, -0.05) is 6.92 Å². The van der Waals surface area contributed by atoms with Gasteiger partial charge in [0.2, 0.25) is 0 Å². The van der Waals surface area contributed by atoms with Crippen molar-refractivity contribution in [1.82, 2.24) is 5.32 Å². The van der Waals surface area contributed by atoms with Gasteiger partial charge in [0.25, 0.3) is 0 Å². The third-order valence-electron chi connectivity index (χ3n) is 2.77. The summed E-state index contributed by atoms with van der Waals surface area (Å²) < 4.78 is 5.05. The van der Waals surface area contributed by atoms with E-state index in [2.05, 4.69) is 31.3 Å². The number of carbonyl (C=O) groups excluding carboxylic acids is 1. The molecule has 3 nitrogen and oxygen atoms in total. The lowest BCUT2D eigenvalue weighted by molar-refractivity contribution is -0.145. The third kappa shape index (κ3) is 4.78. The minimum absolute atomic E-state index is 0.144. The summed E-state index contributed by atoms with van der Waals surface area (Å²) in [6.07, 6.45) is 1.71. The van der Waals surface area contributed by atoms with Crippen LogP contribution in [-0.2, 0) is 16.0 Å². The Labute approximate surface area is 114 Å². The molecule has 2 unspecified atom stereocenters. The molecule has 0 aliphatic carbocycles. The van der Waals surface area contributed by atoms with Crippen LogP contribution >= 0.6 is 11.3 Å². The van der Waals surface area contributed by atoms with E-state index in [4.69, 9.17) is 4.74 Å². The van der Waals surface area contributed by atoms with Crippen molar-refractivity contribution in [1.29, 1.82) is 0 Å². The van der Waals surface area contributed by atoms with E-state index in [1.165, 1.54) is 9.75 Å². The zero-order valence-electron chi connectivity index (χ0n) is 11.7. The number of rotatable bonds is 7. The number of carbonyl (C=O) groups is 1. The fraction of sp³-hybridized carbons (Fsp3) is 0.643. The molecule has 2 atom stereocenters. The molecule has 0 saturated heterocycles. The maximum Gasteiger partial charge on any atom is 0.323 e. The van der Waals surface area contributed by atoms with Gasteiger partial charge in [-0.15, -0.1) is 11.3 Å². The second-order valence-electron chi connectivity index (χ2n) is 4.50. The Kier molecular flexibility index (Phi) is 6.36. The molecule has 0 radical (unpaired) electrons. The molecule has 102 valence electrons. The number of aryl methyl sites for hydroxylation is 1. The van der Waals surface area contributed by atoms with Crippen molar-refractivity contribution >= 4 is 17.3 Å². The Morgan fingerprint density at radius 2 is 2.17 bits per heavy atom. The van der Waals surface area contributed by atoms with Gasteiger partial charge in [0.05, 0.1) is 6.61 Å². The van der Waals surface area contributed by atoms with Crippen molar-refractivity contribution in [2.24, 2.45) is 0 Å². The quantitative estimate of drug-likeness (QED) is 0.774. The van der Waals surface area contributed by atoms with Crippen LogP contribution in [-0.4, -0.2) is 24.7 Å². The highest BCUT2D eigenvalue weighted by Crippen LogP contribution is 2.17. The fourth-order valence-electron chi connectivity index (χ4n) is 1.89. The molecule has 1 N–H and O–H groups in total. The Bertz CT molecular complexity index is 376. The molecule has 0 amide bonds. The molecule has 1 heterocycles. The molecule has 0 aliphatic rings. The highest BCUT2D eigenvalue weighted by Gasteiger charge is 2.19. The summed E-state index contributed by atoms with van der Waals surface area (Å²) in [4.78, 5) is 14.4. The van der Waals surface area contributed by atoms with E-state index in [0.717, 1.165) is 12.8 Å². The highest BCUT2D eigenvalue weighted by atomic mass is 32.1. The third-order valence-corrected chi connectivity index (χ3v) is 3.79. The van der Waals surface area contributed by atoms with Gasteiger partial charge >= 0.3 is 5.97 Å². The van der Waals surface area contributed by atoms with Crippen LogP contribution in [0.1, 0.15) is 36.9 Å². The highest BCUT2D eigenvalue weighted by molar-refractivity contribution is 7.11. The van der Waals surface area contributed by atoms with Gasteiger partial charge in [-0.05, 0) is 45.7 Å². The summed E-state index contributed by atoms with van der Waals surface area (Å²) in [6.45, 7) is 8.49. The summed E-state index contributed by atoms with van der Waals surface area (Å²) in [6, 6.07) is 4.37. The van der Waals surface area contributed by atoms with E-state index in [0.29, 0.717) is 6.61 Å². The van der Waals surface area contributed by atoms with Crippen LogP contribution in [0, 0.1) is 6.92 Å². The van der Waals surface area contributed by atoms with Gasteiger partial charge in [-0.25, -0.2) is 0 Å². The molecule has 0 aromatic carbocycles. The zero-order chi connectivity index (χ0) is 13.5. The summed E-state index contributed by atoms with van der Waals surface area (Å²) in [5.41, 5.74) is 0. The van der Waals surface area contributed by atoms with Crippen molar-refractivity contribution in [3.8, 4) is 0 Å². The van der Waals surface area contributed by atoms with Crippen molar-refractivity contribution in [3.05, 3.63) is 21.9 Å². The second kappa shape index (κ2) is 7.54. The molecule has 0 bridgehead atoms. The van der Waals surface area contributed by atoms with E-state index in [-0.39, 0.29) is 18.1 Å². The van der Waals surface area contributed by atoms with Gasteiger partial charge in [-0.2, -0.15) is 0 Å². The van der Waals surface area contributed by atoms with Gasteiger partial charge in [0.15, 0.2) is 0 Å². The Hall–Kier alpha value is -0.870. The average Bonchev–Trinajstić information content (AvgIpc) is 2.71. The normalized spacial score (nSPS) is 14.2. The standard InChI is InChI=1S/C14H23NO2S/c1-5-13(14(16)17-6-2)15-10(3)9-12-8-7-11(4)18-12/h7-8,10,13,15H,5-6,9H2,1-4H3. The maximum atomic E-state index is 11.7. The van der Waals surface area contributed by atoms with Crippen molar-refractivity contribution in [2.45, 2.75) is 52.6 Å². The number of esters is 1. The molecular weight excluding hydrogens is 246 g/mol. The number of thiophene rings is 1. The molecule has 0 fully saturated rings. The molecule has 18 heavy (non-hydrogen) atoms. The first kappa shape index (κ1) is 15.2. The molecule has 1 aromatic rings. The van der Waals surface area contributed by atoms with Gasteiger partial charge in [0.1, 0.15) is 6.04 Å². The van der Waals surface area contributed by atoms with Crippen LogP contribution in [0.5, 0.6) is 0 Å². The molecule has 1 rings (SSSR count). The second-order valence-corrected chi connectivity index (χ2v) is 5.87. The van der Waals surface area contributed by atoms with Gasteiger partial charge in [-0.3, -0.25) is 4.79 Å². The van der Waals surface area contributed by atoms with Crippen LogP contribution in [0.2, 0.25) is 0 Å². The predicted octanol–water partition coefficient (Wildman–Crippen LogP) is 2.92. The monoisotopic (exact) mass is 269 g/mol. The van der Waals surface area contributed by atoms with Crippen LogP contribution in [0.15, 0.2) is 12.1 Å². The minimum Gasteiger partial charge on any atom is -0.465 e. The summed E-state index contributed by atoms with van der Waals surface area (Å²) in [5.74, 6) is -0.144. The zero-order valence-corrected chi connectivity index (χ0v) is 12.5. The summed E-state index contributed by atoms with van der Waals surface area (Å²) in [7, 11) is 0. The lowest BCUT2D eigenvalue weighted by Gasteiger charge is -2.20. The first-order valence-corrected chi connectivity index (χ1v) is 7.36. The number of hydrogen-bond acceptors (Lipinski definition) is 4. The van der Waals surface area contributed by atoms with Gasteiger partial charge < -0.3 is 10.1 Å². The number of nitrogens with one attached hydrogen (secondary N) is 1. The largest absolute Gasteiger partial charge is 0.465 e. The van der Waals surface area contributed by atoms with E-state index in [9.17, 15) is 4.79 Å². The topological polar surface area (TPSA) is 38.3 Å². The molecular formula is C14H23NO2S. The molecule has 4 heteroatoms. The SMILES string of the molecule is CCOC(=O)C(CC)NC(C)Cc1ccc(C)s1. The number of ether oxygens (including phenoxy) is 1. The predicted molar refractivity (Wildman–Crippen MR) is 76.1 cm³/mol. The van der Waals surface area contributed by atoms with Crippen LogP contribution in [0.4, 0.5) is 0 Å². The van der Waals surface area contributed by atoms with E-state index in [1.54, 1.807) is 0 Å². The smallest absolute Gasteiger partial charge is 0.323 e. The molecule has 0 saturated carbocycles. The van der Waals surface area contributed by atoms with Crippen LogP contribution < -0.4 is 5.32 Å². The lowest BCUT2D eigenvalue weighted by atomic mass is 10.1. The summed E-state index contributed by atoms with van der Waals surface area (Å²) >= 11 is 1.81. The van der Waals surface area contributed by atoms with Crippen molar-refractivity contribution in [2.75, 3.05) is 6.61 Å². The van der Waals surface area contributed by atoms with E-state index < -0.39 is 0 Å². The van der Waals surface area contributed by atoms with E-state index >= 15 is 0 Å².